The van der Waals surface area contributed by atoms with E-state index in [-0.39, 0.29) is 11.9 Å². The largest absolute Gasteiger partial charge is 0.368 e. The number of hydrogen-bond acceptors (Lipinski definition) is 3. The third kappa shape index (κ3) is 4.11. The number of carbonyl (C=O) groups is 1. The Hall–Kier alpha value is -1.26. The fraction of sp³-hybridized carbons (Fsp3) is 0.562. The van der Waals surface area contributed by atoms with Gasteiger partial charge in [0.15, 0.2) is 0 Å². The number of carbonyl (C=O) groups excluding carboxylic acids is 1. The van der Waals surface area contributed by atoms with Gasteiger partial charge < -0.3 is 16.0 Å². The Bertz CT molecular complexity index is 492. The molecule has 1 aromatic carbocycles. The highest BCUT2D eigenvalue weighted by Gasteiger charge is 2.28. The minimum atomic E-state index is -0.264. The standard InChI is InChI=1S/C16H24ClN3O/c1-2-8-19-11-12-6-7-14(13(17)10-12)20-9-4-3-5-15(20)16(18)21/h6-7,10,15,19H,2-5,8-9,11H2,1H3,(H2,18,21). The van der Waals surface area contributed by atoms with E-state index < -0.39 is 0 Å². The number of primary amides is 1. The first-order valence-electron chi connectivity index (χ1n) is 7.68. The lowest BCUT2D eigenvalue weighted by Crippen LogP contribution is -2.48. The van der Waals surface area contributed by atoms with Crippen molar-refractivity contribution in [2.24, 2.45) is 5.73 Å². The summed E-state index contributed by atoms with van der Waals surface area (Å²) in [5.41, 5.74) is 7.60. The maximum Gasteiger partial charge on any atom is 0.240 e. The maximum absolute atomic E-state index is 11.6. The van der Waals surface area contributed by atoms with E-state index >= 15 is 0 Å². The van der Waals surface area contributed by atoms with Crippen molar-refractivity contribution in [3.05, 3.63) is 28.8 Å². The number of nitrogens with zero attached hydrogens (tertiary/aromatic N) is 1. The first-order valence-corrected chi connectivity index (χ1v) is 8.06. The molecule has 116 valence electrons. The van der Waals surface area contributed by atoms with Crippen molar-refractivity contribution in [3.63, 3.8) is 0 Å². The molecule has 0 aromatic heterocycles. The molecule has 0 radical (unpaired) electrons. The zero-order valence-corrected chi connectivity index (χ0v) is 13.3. The number of hydrogen-bond donors (Lipinski definition) is 2. The summed E-state index contributed by atoms with van der Waals surface area (Å²) in [6.45, 7) is 4.78. The van der Waals surface area contributed by atoms with E-state index in [9.17, 15) is 4.79 Å². The number of amides is 1. The Kier molecular flexibility index (Phi) is 5.88. The highest BCUT2D eigenvalue weighted by Crippen LogP contribution is 2.32. The van der Waals surface area contributed by atoms with Gasteiger partial charge in [-0.25, -0.2) is 0 Å². The molecule has 1 fully saturated rings. The Balaban J connectivity index is 2.13. The first kappa shape index (κ1) is 16.1. The number of anilines is 1. The van der Waals surface area contributed by atoms with Gasteiger partial charge in [0, 0.05) is 13.1 Å². The van der Waals surface area contributed by atoms with E-state index in [0.29, 0.717) is 5.02 Å². The lowest BCUT2D eigenvalue weighted by molar-refractivity contribution is -0.119. The Labute approximate surface area is 131 Å². The second-order valence-electron chi connectivity index (χ2n) is 5.57. The number of benzene rings is 1. The fourth-order valence-corrected chi connectivity index (χ4v) is 3.13. The van der Waals surface area contributed by atoms with Crippen LogP contribution >= 0.6 is 11.6 Å². The average Bonchev–Trinajstić information content (AvgIpc) is 2.48. The average molecular weight is 310 g/mol. The molecule has 4 nitrogen and oxygen atoms in total. The third-order valence-corrected chi connectivity index (χ3v) is 4.21. The molecule has 0 bridgehead atoms. The number of piperidine rings is 1. The topological polar surface area (TPSA) is 58.4 Å². The molecule has 0 saturated carbocycles. The summed E-state index contributed by atoms with van der Waals surface area (Å²) in [4.78, 5) is 13.7. The van der Waals surface area contributed by atoms with E-state index in [2.05, 4.69) is 23.2 Å². The number of nitrogens with two attached hydrogens (primary N) is 1. The maximum atomic E-state index is 11.6. The second-order valence-corrected chi connectivity index (χ2v) is 5.98. The van der Waals surface area contributed by atoms with Crippen molar-refractivity contribution in [2.45, 2.75) is 45.2 Å². The van der Waals surface area contributed by atoms with Crippen LogP contribution in [0.3, 0.4) is 0 Å². The third-order valence-electron chi connectivity index (χ3n) is 3.91. The molecule has 3 N–H and O–H groups in total. The van der Waals surface area contributed by atoms with Gasteiger partial charge in [-0.05, 0) is 49.9 Å². The van der Waals surface area contributed by atoms with Crippen molar-refractivity contribution in [2.75, 3.05) is 18.0 Å². The normalized spacial score (nSPS) is 18.8. The molecular weight excluding hydrogens is 286 g/mol. The smallest absolute Gasteiger partial charge is 0.240 e. The number of halogens is 1. The van der Waals surface area contributed by atoms with Crippen LogP contribution in [0.15, 0.2) is 18.2 Å². The zero-order chi connectivity index (χ0) is 15.2. The summed E-state index contributed by atoms with van der Waals surface area (Å²) in [5.74, 6) is -0.264. The van der Waals surface area contributed by atoms with Crippen molar-refractivity contribution in [1.82, 2.24) is 5.32 Å². The van der Waals surface area contributed by atoms with Crippen LogP contribution in [0.4, 0.5) is 5.69 Å². The van der Waals surface area contributed by atoms with Crippen LogP contribution < -0.4 is 16.0 Å². The predicted molar refractivity (Wildman–Crippen MR) is 87.6 cm³/mol. The summed E-state index contributed by atoms with van der Waals surface area (Å²) >= 11 is 6.42. The van der Waals surface area contributed by atoms with E-state index in [1.54, 1.807) is 0 Å². The van der Waals surface area contributed by atoms with Crippen LogP contribution in [-0.2, 0) is 11.3 Å². The number of rotatable bonds is 6. The van der Waals surface area contributed by atoms with Crippen molar-refractivity contribution in [1.29, 1.82) is 0 Å². The molecule has 1 amide bonds. The minimum Gasteiger partial charge on any atom is -0.368 e. The Morgan fingerprint density at radius 3 is 2.95 bits per heavy atom. The van der Waals surface area contributed by atoms with E-state index in [1.807, 2.05) is 12.1 Å². The molecular formula is C16H24ClN3O. The lowest BCUT2D eigenvalue weighted by Gasteiger charge is -2.36. The van der Waals surface area contributed by atoms with Crippen LogP contribution in [0.5, 0.6) is 0 Å². The van der Waals surface area contributed by atoms with Crippen LogP contribution in [0, 0.1) is 0 Å². The SMILES string of the molecule is CCCNCc1ccc(N2CCCCC2C(N)=O)c(Cl)c1. The van der Waals surface area contributed by atoms with Crippen LogP contribution in [0.2, 0.25) is 5.02 Å². The quantitative estimate of drug-likeness (QED) is 0.794. The van der Waals surface area contributed by atoms with Gasteiger partial charge in [-0.2, -0.15) is 0 Å². The Morgan fingerprint density at radius 1 is 1.48 bits per heavy atom. The molecule has 0 spiro atoms. The van der Waals surface area contributed by atoms with Gasteiger partial charge >= 0.3 is 0 Å². The summed E-state index contributed by atoms with van der Waals surface area (Å²) in [6, 6.07) is 5.82. The summed E-state index contributed by atoms with van der Waals surface area (Å²) in [5, 5.41) is 4.05. The van der Waals surface area contributed by atoms with Crippen LogP contribution in [-0.4, -0.2) is 25.0 Å². The fourth-order valence-electron chi connectivity index (χ4n) is 2.82. The van der Waals surface area contributed by atoms with Gasteiger partial charge in [0.2, 0.25) is 5.91 Å². The molecule has 1 atom stereocenters. The monoisotopic (exact) mass is 309 g/mol. The van der Waals surface area contributed by atoms with Gasteiger partial charge in [-0.1, -0.05) is 24.6 Å². The molecule has 2 rings (SSSR count). The van der Waals surface area contributed by atoms with Gasteiger partial charge in [0.25, 0.3) is 0 Å². The molecule has 1 unspecified atom stereocenters. The molecule has 1 aliphatic heterocycles. The summed E-state index contributed by atoms with van der Waals surface area (Å²) in [6.07, 6.45) is 4.03. The van der Waals surface area contributed by atoms with Crippen LogP contribution in [0.1, 0.15) is 38.2 Å². The van der Waals surface area contributed by atoms with Gasteiger partial charge in [0.05, 0.1) is 10.7 Å². The molecule has 1 heterocycles. The molecule has 1 aliphatic rings. The summed E-state index contributed by atoms with van der Waals surface area (Å²) in [7, 11) is 0. The van der Waals surface area contributed by atoms with Crippen molar-refractivity contribution < 1.29 is 4.79 Å². The summed E-state index contributed by atoms with van der Waals surface area (Å²) < 4.78 is 0. The second kappa shape index (κ2) is 7.66. The van der Waals surface area contributed by atoms with Gasteiger partial charge in [0.1, 0.15) is 6.04 Å². The van der Waals surface area contributed by atoms with E-state index in [0.717, 1.165) is 56.6 Å². The molecule has 21 heavy (non-hydrogen) atoms. The van der Waals surface area contributed by atoms with Gasteiger partial charge in [-0.15, -0.1) is 0 Å². The molecule has 1 aromatic rings. The first-order chi connectivity index (χ1) is 10.1. The molecule has 1 saturated heterocycles. The predicted octanol–water partition coefficient (Wildman–Crippen LogP) is 2.68. The van der Waals surface area contributed by atoms with Gasteiger partial charge in [-0.3, -0.25) is 4.79 Å². The van der Waals surface area contributed by atoms with Crippen molar-refractivity contribution >= 4 is 23.2 Å². The highest BCUT2D eigenvalue weighted by atomic mass is 35.5. The molecule has 5 heteroatoms. The van der Waals surface area contributed by atoms with E-state index in [4.69, 9.17) is 17.3 Å². The Morgan fingerprint density at radius 2 is 2.29 bits per heavy atom. The molecule has 0 aliphatic carbocycles. The zero-order valence-electron chi connectivity index (χ0n) is 12.6. The van der Waals surface area contributed by atoms with Crippen LogP contribution in [0.25, 0.3) is 0 Å². The lowest BCUT2D eigenvalue weighted by atomic mass is 10.0. The minimum absolute atomic E-state index is 0.236. The van der Waals surface area contributed by atoms with E-state index in [1.165, 1.54) is 0 Å². The highest BCUT2D eigenvalue weighted by molar-refractivity contribution is 6.33. The van der Waals surface area contributed by atoms with Crippen molar-refractivity contribution in [3.8, 4) is 0 Å². The number of nitrogens with one attached hydrogen (secondary N) is 1.